The number of rotatable bonds is 6. The summed E-state index contributed by atoms with van der Waals surface area (Å²) >= 11 is 6.13. The Morgan fingerprint density at radius 3 is 2.37 bits per heavy atom. The fraction of sp³-hybridized carbons (Fsp3) is 0.364. The topological polar surface area (TPSA) is 55.4 Å². The van der Waals surface area contributed by atoms with Gasteiger partial charge in [0, 0.05) is 0 Å². The molecule has 0 spiro atoms. The van der Waals surface area contributed by atoms with Gasteiger partial charge in [0.1, 0.15) is 6.10 Å². The van der Waals surface area contributed by atoms with Crippen molar-refractivity contribution < 1.29 is 14.3 Å². The SMILES string of the molecule is O=C(CC(NC(=O)c1ccccc1Cl)c1ccccc1)OC1CCCCC1. The lowest BCUT2D eigenvalue weighted by atomic mass is 9.97. The monoisotopic (exact) mass is 385 g/mol. The molecule has 2 aromatic carbocycles. The highest BCUT2D eigenvalue weighted by Gasteiger charge is 2.24. The maximum atomic E-state index is 12.7. The molecule has 1 fully saturated rings. The molecule has 0 radical (unpaired) electrons. The third kappa shape index (κ3) is 5.57. The van der Waals surface area contributed by atoms with Crippen LogP contribution in [0, 0.1) is 0 Å². The summed E-state index contributed by atoms with van der Waals surface area (Å²) in [5.74, 6) is -0.588. The van der Waals surface area contributed by atoms with Crippen LogP contribution in [0.25, 0.3) is 0 Å². The molecule has 1 aliphatic carbocycles. The predicted octanol–water partition coefficient (Wildman–Crippen LogP) is 5.08. The molecule has 142 valence electrons. The van der Waals surface area contributed by atoms with Crippen LogP contribution in [0.4, 0.5) is 0 Å². The summed E-state index contributed by atoms with van der Waals surface area (Å²) in [5, 5.41) is 3.32. The number of nitrogens with one attached hydrogen (secondary N) is 1. The molecular formula is C22H24ClNO3. The molecule has 0 aliphatic heterocycles. The van der Waals surface area contributed by atoms with E-state index >= 15 is 0 Å². The normalized spacial score (nSPS) is 15.7. The number of esters is 1. The Bertz CT molecular complexity index is 772. The first-order chi connectivity index (χ1) is 13.1. The molecule has 1 aliphatic rings. The van der Waals surface area contributed by atoms with Gasteiger partial charge in [-0.1, -0.05) is 60.5 Å². The van der Waals surface area contributed by atoms with Crippen LogP contribution in [0.3, 0.4) is 0 Å². The van der Waals surface area contributed by atoms with Gasteiger partial charge < -0.3 is 10.1 Å². The minimum absolute atomic E-state index is 0.00180. The zero-order valence-electron chi connectivity index (χ0n) is 15.2. The molecule has 1 amide bonds. The Kier molecular flexibility index (Phi) is 6.88. The van der Waals surface area contributed by atoms with Crippen molar-refractivity contribution in [2.45, 2.75) is 50.7 Å². The van der Waals surface area contributed by atoms with Crippen molar-refractivity contribution in [1.29, 1.82) is 0 Å². The molecule has 0 saturated heterocycles. The highest BCUT2D eigenvalue weighted by molar-refractivity contribution is 6.33. The van der Waals surface area contributed by atoms with Gasteiger partial charge in [-0.05, 0) is 43.4 Å². The van der Waals surface area contributed by atoms with Gasteiger partial charge in [-0.3, -0.25) is 9.59 Å². The smallest absolute Gasteiger partial charge is 0.308 e. The number of benzene rings is 2. The minimum Gasteiger partial charge on any atom is -0.462 e. The Morgan fingerprint density at radius 1 is 1.00 bits per heavy atom. The summed E-state index contributed by atoms with van der Waals surface area (Å²) in [4.78, 5) is 25.2. The van der Waals surface area contributed by atoms with Crippen molar-refractivity contribution >= 4 is 23.5 Å². The lowest BCUT2D eigenvalue weighted by Crippen LogP contribution is -2.32. The van der Waals surface area contributed by atoms with Gasteiger partial charge >= 0.3 is 5.97 Å². The molecular weight excluding hydrogens is 362 g/mol. The van der Waals surface area contributed by atoms with Crippen molar-refractivity contribution in [1.82, 2.24) is 5.32 Å². The molecule has 1 saturated carbocycles. The molecule has 5 heteroatoms. The van der Waals surface area contributed by atoms with Crippen LogP contribution in [0.1, 0.15) is 60.5 Å². The summed E-state index contributed by atoms with van der Waals surface area (Å²) in [7, 11) is 0. The van der Waals surface area contributed by atoms with E-state index in [0.29, 0.717) is 10.6 Å². The van der Waals surface area contributed by atoms with Gasteiger partial charge in [-0.2, -0.15) is 0 Å². The second-order valence-corrected chi connectivity index (χ2v) is 7.28. The van der Waals surface area contributed by atoms with E-state index < -0.39 is 6.04 Å². The highest BCUT2D eigenvalue weighted by atomic mass is 35.5. The first-order valence-electron chi connectivity index (χ1n) is 9.43. The van der Waals surface area contributed by atoms with Crippen LogP contribution in [-0.4, -0.2) is 18.0 Å². The number of amides is 1. The van der Waals surface area contributed by atoms with Crippen LogP contribution in [0.2, 0.25) is 5.02 Å². The Morgan fingerprint density at radius 2 is 1.67 bits per heavy atom. The van der Waals surface area contributed by atoms with Crippen LogP contribution in [0.15, 0.2) is 54.6 Å². The number of halogens is 1. The van der Waals surface area contributed by atoms with Crippen molar-refractivity contribution in [2.75, 3.05) is 0 Å². The maximum Gasteiger partial charge on any atom is 0.308 e. The van der Waals surface area contributed by atoms with Gasteiger partial charge in [-0.25, -0.2) is 0 Å². The number of ether oxygens (including phenoxy) is 1. The average molecular weight is 386 g/mol. The van der Waals surface area contributed by atoms with E-state index in [4.69, 9.17) is 16.3 Å². The third-order valence-corrected chi connectivity index (χ3v) is 5.18. The molecule has 0 heterocycles. The van der Waals surface area contributed by atoms with Crippen LogP contribution >= 0.6 is 11.6 Å². The average Bonchev–Trinajstić information content (AvgIpc) is 2.69. The lowest BCUT2D eigenvalue weighted by molar-refractivity contribution is -0.151. The Labute approximate surface area is 164 Å². The molecule has 1 atom stereocenters. The number of carbonyl (C=O) groups excluding carboxylic acids is 2. The number of carbonyl (C=O) groups is 2. The van der Waals surface area contributed by atoms with Gasteiger partial charge in [0.25, 0.3) is 5.91 Å². The molecule has 27 heavy (non-hydrogen) atoms. The van der Waals surface area contributed by atoms with E-state index in [1.165, 1.54) is 6.42 Å². The second-order valence-electron chi connectivity index (χ2n) is 6.87. The van der Waals surface area contributed by atoms with Crippen LogP contribution in [-0.2, 0) is 9.53 Å². The van der Waals surface area contributed by atoms with Gasteiger partial charge in [0.05, 0.1) is 23.0 Å². The number of hydrogen-bond donors (Lipinski definition) is 1. The largest absolute Gasteiger partial charge is 0.462 e. The van der Waals surface area contributed by atoms with E-state index in [1.807, 2.05) is 30.3 Å². The van der Waals surface area contributed by atoms with E-state index in [-0.39, 0.29) is 24.4 Å². The van der Waals surface area contributed by atoms with Crippen LogP contribution < -0.4 is 5.32 Å². The van der Waals surface area contributed by atoms with Gasteiger partial charge in [0.15, 0.2) is 0 Å². The minimum atomic E-state index is -0.467. The third-order valence-electron chi connectivity index (χ3n) is 4.85. The van der Waals surface area contributed by atoms with Gasteiger partial charge in [0.2, 0.25) is 0 Å². The zero-order chi connectivity index (χ0) is 19.1. The summed E-state index contributed by atoms with van der Waals surface area (Å²) in [6.45, 7) is 0. The molecule has 0 aromatic heterocycles. The molecule has 2 aromatic rings. The van der Waals surface area contributed by atoms with Gasteiger partial charge in [-0.15, -0.1) is 0 Å². The van der Waals surface area contributed by atoms with E-state index in [0.717, 1.165) is 31.2 Å². The molecule has 1 unspecified atom stereocenters. The van der Waals surface area contributed by atoms with Crippen molar-refractivity contribution in [3.63, 3.8) is 0 Å². The highest BCUT2D eigenvalue weighted by Crippen LogP contribution is 2.24. The predicted molar refractivity (Wildman–Crippen MR) is 106 cm³/mol. The summed E-state index contributed by atoms with van der Waals surface area (Å²) in [6, 6.07) is 15.9. The Hall–Kier alpha value is -2.33. The van der Waals surface area contributed by atoms with Crippen molar-refractivity contribution in [2.24, 2.45) is 0 Å². The van der Waals surface area contributed by atoms with Crippen molar-refractivity contribution in [3.8, 4) is 0 Å². The zero-order valence-corrected chi connectivity index (χ0v) is 16.0. The fourth-order valence-corrected chi connectivity index (χ4v) is 3.62. The van der Waals surface area contributed by atoms with Crippen molar-refractivity contribution in [3.05, 3.63) is 70.7 Å². The first kappa shape index (κ1) is 19.4. The molecule has 0 bridgehead atoms. The summed E-state index contributed by atoms with van der Waals surface area (Å²) in [6.07, 6.45) is 5.35. The standard InChI is InChI=1S/C22H24ClNO3/c23-19-14-8-7-13-18(19)22(26)24-20(16-9-3-1-4-10-16)15-21(25)27-17-11-5-2-6-12-17/h1,3-4,7-10,13-14,17,20H,2,5-6,11-12,15H2,(H,24,26). The van der Waals surface area contributed by atoms with Crippen LogP contribution in [0.5, 0.6) is 0 Å². The molecule has 3 rings (SSSR count). The van der Waals surface area contributed by atoms with E-state index in [1.54, 1.807) is 24.3 Å². The summed E-state index contributed by atoms with van der Waals surface area (Å²) < 4.78 is 5.64. The maximum absolute atomic E-state index is 12.7. The Balaban J connectivity index is 1.70. The first-order valence-corrected chi connectivity index (χ1v) is 9.81. The lowest BCUT2D eigenvalue weighted by Gasteiger charge is -2.24. The van der Waals surface area contributed by atoms with E-state index in [9.17, 15) is 9.59 Å². The summed E-state index contributed by atoms with van der Waals surface area (Å²) in [5.41, 5.74) is 1.25. The second kappa shape index (κ2) is 9.56. The molecule has 1 N–H and O–H groups in total. The van der Waals surface area contributed by atoms with E-state index in [2.05, 4.69) is 5.32 Å². The quantitative estimate of drug-likeness (QED) is 0.705. The molecule has 4 nitrogen and oxygen atoms in total. The fourth-order valence-electron chi connectivity index (χ4n) is 3.40. The number of hydrogen-bond acceptors (Lipinski definition) is 3.